The van der Waals surface area contributed by atoms with E-state index in [0.717, 1.165) is 24.9 Å². The summed E-state index contributed by atoms with van der Waals surface area (Å²) in [5, 5.41) is 18.8. The highest BCUT2D eigenvalue weighted by Gasteiger charge is 2.44. The number of nitrogens with zero attached hydrogens (tertiary/aromatic N) is 2. The van der Waals surface area contributed by atoms with Crippen LogP contribution >= 0.6 is 0 Å². The number of carbonyl (C=O) groups excluding carboxylic acids is 4. The lowest BCUT2D eigenvalue weighted by atomic mass is 9.89. The van der Waals surface area contributed by atoms with Crippen molar-refractivity contribution in [3.63, 3.8) is 0 Å². The smallest absolute Gasteiger partial charge is 0.326 e. The molecule has 0 saturated carbocycles. The van der Waals surface area contributed by atoms with Crippen LogP contribution in [0.5, 0.6) is 0 Å². The van der Waals surface area contributed by atoms with Crippen LogP contribution in [0.15, 0.2) is 30.3 Å². The maximum absolute atomic E-state index is 14.2. The molecule has 0 aromatic heterocycles. The summed E-state index contributed by atoms with van der Waals surface area (Å²) in [5.74, 6) is -3.19. The van der Waals surface area contributed by atoms with Crippen LogP contribution in [0.1, 0.15) is 85.6 Å². The van der Waals surface area contributed by atoms with Gasteiger partial charge in [-0.2, -0.15) is 0 Å². The Labute approximate surface area is 309 Å². The zero-order chi connectivity index (χ0) is 38.7. The minimum Gasteiger partial charge on any atom is -0.480 e. The highest BCUT2D eigenvalue weighted by atomic mass is 16.5. The zero-order valence-electron chi connectivity index (χ0n) is 32.6. The van der Waals surface area contributed by atoms with Gasteiger partial charge in [0, 0.05) is 34.2 Å². The summed E-state index contributed by atoms with van der Waals surface area (Å²) in [5.41, 5.74) is 0.0588. The second-order valence-corrected chi connectivity index (χ2v) is 15.2. The van der Waals surface area contributed by atoms with E-state index in [0.29, 0.717) is 25.8 Å². The second kappa shape index (κ2) is 19.5. The fraction of sp³-hybridized carbons (Fsp3) is 0.718. The van der Waals surface area contributed by atoms with Crippen LogP contribution in [0.25, 0.3) is 0 Å². The number of rotatable bonds is 19. The Morgan fingerprint density at radius 3 is 2.25 bits per heavy atom. The Morgan fingerprint density at radius 2 is 1.71 bits per heavy atom. The Hall–Kier alpha value is -3.55. The van der Waals surface area contributed by atoms with Crippen LogP contribution in [-0.4, -0.2) is 121 Å². The summed E-state index contributed by atoms with van der Waals surface area (Å²) >= 11 is 0. The fourth-order valence-corrected chi connectivity index (χ4v) is 7.78. The summed E-state index contributed by atoms with van der Waals surface area (Å²) in [6.07, 6.45) is 2.43. The summed E-state index contributed by atoms with van der Waals surface area (Å²) in [4.78, 5) is 70.5. The SMILES string of the molecule is CCC(C)[C@@H]([C@@H](CC(=O)N1CCC[C@H]1[C@H](OC)[C@@H](C)C(=O)N[C@@H](Cc1ccccc1)C(=O)O)OC)N(C)C(=O)[C@@H](NC(=O)[C@]1(C)CCCN1)C(C)C. The van der Waals surface area contributed by atoms with Crippen molar-refractivity contribution in [1.29, 1.82) is 0 Å². The first kappa shape index (κ1) is 42.9. The molecule has 1 aromatic carbocycles. The molecule has 292 valence electrons. The topological polar surface area (TPSA) is 167 Å². The number of ether oxygens (including phenoxy) is 2. The first-order valence-electron chi connectivity index (χ1n) is 18.8. The Morgan fingerprint density at radius 1 is 1.04 bits per heavy atom. The van der Waals surface area contributed by atoms with Gasteiger partial charge < -0.3 is 40.3 Å². The molecule has 13 heteroatoms. The van der Waals surface area contributed by atoms with Crippen molar-refractivity contribution in [2.45, 2.75) is 128 Å². The molecule has 0 bridgehead atoms. The standard InChI is InChI=1S/C39H63N5O8/c1-10-25(4)33(43(7)36(47)32(24(2)3)42-38(50)39(6)19-15-20-40-39)30(51-8)23-31(45)44-21-14-18-29(44)34(52-9)26(5)35(46)41-28(37(48)49)22-27-16-12-11-13-17-27/h11-13,16-17,24-26,28-30,32-34,40H,10,14-15,18-23H2,1-9H3,(H,41,46)(H,42,50)(H,48,49)/t25?,26-,28+,29+,30-,32+,33+,34-,39+/m1/s1. The maximum atomic E-state index is 14.2. The molecule has 2 aliphatic rings. The molecule has 2 saturated heterocycles. The van der Waals surface area contributed by atoms with E-state index in [9.17, 15) is 29.1 Å². The number of likely N-dealkylation sites (N-methyl/N-ethyl adjacent to an activating group) is 1. The van der Waals surface area contributed by atoms with Gasteiger partial charge in [-0.1, -0.05) is 71.4 Å². The minimum absolute atomic E-state index is 0.00447. The molecule has 4 N–H and O–H groups in total. The van der Waals surface area contributed by atoms with Gasteiger partial charge in [0.05, 0.1) is 42.2 Å². The molecule has 1 aromatic rings. The lowest BCUT2D eigenvalue weighted by Gasteiger charge is -2.41. The number of carboxylic acids is 1. The van der Waals surface area contributed by atoms with E-state index >= 15 is 0 Å². The molecule has 52 heavy (non-hydrogen) atoms. The van der Waals surface area contributed by atoms with E-state index in [1.54, 1.807) is 30.9 Å². The normalized spacial score (nSPS) is 22.9. The molecule has 3 rings (SSSR count). The van der Waals surface area contributed by atoms with E-state index in [1.165, 1.54) is 7.11 Å². The minimum atomic E-state index is -1.14. The largest absolute Gasteiger partial charge is 0.480 e. The first-order chi connectivity index (χ1) is 24.6. The van der Waals surface area contributed by atoms with Gasteiger partial charge in [0.1, 0.15) is 12.1 Å². The third-order valence-corrected chi connectivity index (χ3v) is 11.2. The van der Waals surface area contributed by atoms with E-state index in [2.05, 4.69) is 16.0 Å². The van der Waals surface area contributed by atoms with Crippen molar-refractivity contribution in [2.75, 3.05) is 34.4 Å². The van der Waals surface area contributed by atoms with Gasteiger partial charge in [-0.05, 0) is 56.6 Å². The molecule has 0 aliphatic carbocycles. The van der Waals surface area contributed by atoms with Crippen molar-refractivity contribution in [1.82, 2.24) is 25.8 Å². The molecule has 2 aliphatic heterocycles. The number of hydrogen-bond acceptors (Lipinski definition) is 8. The molecule has 4 amide bonds. The van der Waals surface area contributed by atoms with Gasteiger partial charge >= 0.3 is 5.97 Å². The number of aliphatic carboxylic acids is 1. The highest BCUT2D eigenvalue weighted by molar-refractivity contribution is 5.92. The summed E-state index contributed by atoms with van der Waals surface area (Å²) < 4.78 is 11.8. The molecular formula is C39H63N5O8. The van der Waals surface area contributed by atoms with Crippen molar-refractivity contribution >= 4 is 29.6 Å². The van der Waals surface area contributed by atoms with Gasteiger partial charge in [-0.15, -0.1) is 0 Å². The van der Waals surface area contributed by atoms with Crippen LogP contribution in [0, 0.1) is 17.8 Å². The molecule has 2 heterocycles. The number of carboxylic acid groups (broad SMARTS) is 1. The van der Waals surface area contributed by atoms with Gasteiger partial charge in [0.25, 0.3) is 0 Å². The third-order valence-electron chi connectivity index (χ3n) is 11.2. The number of benzene rings is 1. The molecule has 1 unspecified atom stereocenters. The first-order valence-corrected chi connectivity index (χ1v) is 18.8. The lowest BCUT2D eigenvalue weighted by Crippen LogP contribution is -2.61. The third kappa shape index (κ3) is 10.5. The number of hydrogen-bond donors (Lipinski definition) is 4. The van der Waals surface area contributed by atoms with Crippen LogP contribution in [0.4, 0.5) is 0 Å². The summed E-state index contributed by atoms with van der Waals surface area (Å²) in [6, 6.07) is 6.34. The van der Waals surface area contributed by atoms with Crippen LogP contribution in [0.3, 0.4) is 0 Å². The molecule has 0 spiro atoms. The van der Waals surface area contributed by atoms with Crippen molar-refractivity contribution in [2.24, 2.45) is 17.8 Å². The highest BCUT2D eigenvalue weighted by Crippen LogP contribution is 2.30. The Bertz CT molecular complexity index is 1350. The fourth-order valence-electron chi connectivity index (χ4n) is 7.78. The summed E-state index contributed by atoms with van der Waals surface area (Å²) in [6.45, 7) is 12.6. The van der Waals surface area contributed by atoms with Crippen molar-refractivity contribution in [3.05, 3.63) is 35.9 Å². The van der Waals surface area contributed by atoms with Gasteiger partial charge in [0.15, 0.2) is 0 Å². The number of likely N-dealkylation sites (tertiary alicyclic amines) is 1. The molecule has 13 nitrogen and oxygen atoms in total. The number of amides is 4. The molecule has 2 fully saturated rings. The van der Waals surface area contributed by atoms with Crippen LogP contribution < -0.4 is 16.0 Å². The molecule has 0 radical (unpaired) electrons. The van der Waals surface area contributed by atoms with Gasteiger partial charge in [-0.25, -0.2) is 4.79 Å². The van der Waals surface area contributed by atoms with Crippen molar-refractivity contribution < 1.29 is 38.6 Å². The van der Waals surface area contributed by atoms with Gasteiger partial charge in [-0.3, -0.25) is 19.2 Å². The predicted molar refractivity (Wildman–Crippen MR) is 198 cm³/mol. The van der Waals surface area contributed by atoms with E-state index in [4.69, 9.17) is 9.47 Å². The van der Waals surface area contributed by atoms with Crippen LogP contribution in [-0.2, 0) is 39.9 Å². The average molecular weight is 730 g/mol. The maximum Gasteiger partial charge on any atom is 0.326 e. The lowest BCUT2D eigenvalue weighted by molar-refractivity contribution is -0.148. The number of nitrogens with one attached hydrogen (secondary N) is 3. The Balaban J connectivity index is 1.76. The number of carbonyl (C=O) groups is 5. The van der Waals surface area contributed by atoms with E-state index < -0.39 is 59.7 Å². The molecule has 9 atom stereocenters. The van der Waals surface area contributed by atoms with E-state index in [1.807, 2.05) is 65.0 Å². The van der Waals surface area contributed by atoms with Crippen molar-refractivity contribution in [3.8, 4) is 0 Å². The Kier molecular flexibility index (Phi) is 16.1. The quantitative estimate of drug-likeness (QED) is 0.168. The monoisotopic (exact) mass is 729 g/mol. The zero-order valence-corrected chi connectivity index (χ0v) is 32.6. The van der Waals surface area contributed by atoms with Gasteiger partial charge in [0.2, 0.25) is 23.6 Å². The average Bonchev–Trinajstić information content (AvgIpc) is 3.80. The van der Waals surface area contributed by atoms with Crippen LogP contribution in [0.2, 0.25) is 0 Å². The predicted octanol–water partition coefficient (Wildman–Crippen LogP) is 3.00. The van der Waals surface area contributed by atoms with E-state index in [-0.39, 0.29) is 42.4 Å². The molecular weight excluding hydrogens is 666 g/mol. The second-order valence-electron chi connectivity index (χ2n) is 15.2. The number of methoxy groups -OCH3 is 2. The summed E-state index contributed by atoms with van der Waals surface area (Å²) in [7, 11) is 4.76.